The molecule has 19 heavy (non-hydrogen) atoms. The molecule has 0 spiro atoms. The number of aliphatic hydroxyl groups excluding tert-OH is 1. The summed E-state index contributed by atoms with van der Waals surface area (Å²) in [6.45, 7) is 2.77. The second kappa shape index (κ2) is 6.27. The quantitative estimate of drug-likeness (QED) is 0.871. The molecule has 0 saturated heterocycles. The van der Waals surface area contributed by atoms with Crippen molar-refractivity contribution in [2.75, 3.05) is 0 Å². The molecule has 6 heteroatoms. The molecule has 3 nitrogen and oxygen atoms in total. The van der Waals surface area contributed by atoms with Gasteiger partial charge >= 0.3 is 0 Å². The SMILES string of the molecule is CCCn1ncc(Br)c1C(O)c1c(Cl)cccc1Cl. The molecular formula is C13H13BrCl2N2O. The minimum Gasteiger partial charge on any atom is -0.382 e. The van der Waals surface area contributed by atoms with Crippen molar-refractivity contribution in [2.45, 2.75) is 26.0 Å². The second-order valence-electron chi connectivity index (χ2n) is 4.14. The van der Waals surface area contributed by atoms with E-state index in [4.69, 9.17) is 23.2 Å². The zero-order valence-corrected chi connectivity index (χ0v) is 13.4. The van der Waals surface area contributed by atoms with Crippen LogP contribution in [0, 0.1) is 0 Å². The molecule has 1 aromatic carbocycles. The van der Waals surface area contributed by atoms with E-state index < -0.39 is 6.10 Å². The van der Waals surface area contributed by atoms with E-state index in [0.717, 1.165) is 17.4 Å². The van der Waals surface area contributed by atoms with E-state index >= 15 is 0 Å². The number of rotatable bonds is 4. The lowest BCUT2D eigenvalue weighted by atomic mass is 10.1. The van der Waals surface area contributed by atoms with Crippen LogP contribution >= 0.6 is 39.1 Å². The fourth-order valence-corrected chi connectivity index (χ4v) is 3.06. The minimum atomic E-state index is -0.912. The van der Waals surface area contributed by atoms with Crippen molar-refractivity contribution < 1.29 is 5.11 Å². The molecule has 0 bridgehead atoms. The lowest BCUT2D eigenvalue weighted by molar-refractivity contribution is 0.206. The Morgan fingerprint density at radius 2 is 2.00 bits per heavy atom. The lowest BCUT2D eigenvalue weighted by Gasteiger charge is -2.16. The van der Waals surface area contributed by atoms with E-state index in [1.807, 2.05) is 6.92 Å². The average Bonchev–Trinajstić information content (AvgIpc) is 2.70. The number of aromatic nitrogens is 2. The van der Waals surface area contributed by atoms with Crippen LogP contribution in [0.4, 0.5) is 0 Å². The number of aryl methyl sites for hydroxylation is 1. The first kappa shape index (κ1) is 14.9. The Morgan fingerprint density at radius 3 is 2.58 bits per heavy atom. The number of aliphatic hydroxyl groups is 1. The predicted molar refractivity (Wildman–Crippen MR) is 80.7 cm³/mol. The Morgan fingerprint density at radius 1 is 1.37 bits per heavy atom. The maximum atomic E-state index is 10.6. The van der Waals surface area contributed by atoms with Crippen molar-refractivity contribution in [3.05, 3.63) is 50.2 Å². The van der Waals surface area contributed by atoms with Crippen LogP contribution in [0.25, 0.3) is 0 Å². The topological polar surface area (TPSA) is 38.0 Å². The molecule has 1 unspecified atom stereocenters. The van der Waals surface area contributed by atoms with Crippen LogP contribution in [-0.2, 0) is 6.54 Å². The van der Waals surface area contributed by atoms with Crippen molar-refractivity contribution >= 4 is 39.1 Å². The number of hydrogen-bond acceptors (Lipinski definition) is 2. The molecular weight excluding hydrogens is 351 g/mol. The van der Waals surface area contributed by atoms with Gasteiger partial charge in [0.1, 0.15) is 6.10 Å². The van der Waals surface area contributed by atoms with Gasteiger partial charge in [0.25, 0.3) is 0 Å². The standard InChI is InChI=1S/C13H13BrCl2N2O/c1-2-6-18-12(8(14)7-17-18)13(19)11-9(15)4-3-5-10(11)16/h3-5,7,13,19H,2,6H2,1H3. The smallest absolute Gasteiger partial charge is 0.125 e. The van der Waals surface area contributed by atoms with Gasteiger partial charge in [-0.05, 0) is 34.5 Å². The first-order valence-electron chi connectivity index (χ1n) is 5.89. The van der Waals surface area contributed by atoms with E-state index in [9.17, 15) is 5.11 Å². The average molecular weight is 364 g/mol. The molecule has 0 fully saturated rings. The van der Waals surface area contributed by atoms with Crippen LogP contribution in [0.2, 0.25) is 10.0 Å². The van der Waals surface area contributed by atoms with Crippen molar-refractivity contribution in [1.29, 1.82) is 0 Å². The molecule has 0 aliphatic heterocycles. The summed E-state index contributed by atoms with van der Waals surface area (Å²) in [5.41, 5.74) is 1.17. The van der Waals surface area contributed by atoms with E-state index in [2.05, 4.69) is 21.0 Å². The second-order valence-corrected chi connectivity index (χ2v) is 5.81. The summed E-state index contributed by atoms with van der Waals surface area (Å²) in [5, 5.41) is 15.7. The summed E-state index contributed by atoms with van der Waals surface area (Å²) < 4.78 is 2.50. The van der Waals surface area contributed by atoms with E-state index in [0.29, 0.717) is 21.3 Å². The van der Waals surface area contributed by atoms with Crippen molar-refractivity contribution in [1.82, 2.24) is 9.78 Å². The maximum Gasteiger partial charge on any atom is 0.125 e. The van der Waals surface area contributed by atoms with E-state index in [1.165, 1.54) is 0 Å². The zero-order chi connectivity index (χ0) is 14.0. The van der Waals surface area contributed by atoms with Gasteiger partial charge in [0.15, 0.2) is 0 Å². The van der Waals surface area contributed by atoms with Crippen molar-refractivity contribution in [3.8, 4) is 0 Å². The molecule has 102 valence electrons. The van der Waals surface area contributed by atoms with Gasteiger partial charge in [-0.25, -0.2) is 0 Å². The molecule has 0 aliphatic rings. The summed E-state index contributed by atoms with van der Waals surface area (Å²) in [4.78, 5) is 0. The normalized spacial score (nSPS) is 12.7. The van der Waals surface area contributed by atoms with Gasteiger partial charge in [0, 0.05) is 22.2 Å². The summed E-state index contributed by atoms with van der Waals surface area (Å²) >= 11 is 15.7. The van der Waals surface area contributed by atoms with Gasteiger partial charge in [0.2, 0.25) is 0 Å². The van der Waals surface area contributed by atoms with Gasteiger partial charge in [-0.3, -0.25) is 4.68 Å². The lowest BCUT2D eigenvalue weighted by Crippen LogP contribution is -2.11. The Balaban J connectivity index is 2.50. The van der Waals surface area contributed by atoms with Crippen LogP contribution in [-0.4, -0.2) is 14.9 Å². The molecule has 0 saturated carbocycles. The summed E-state index contributed by atoms with van der Waals surface area (Å²) in [6, 6.07) is 5.17. The fraction of sp³-hybridized carbons (Fsp3) is 0.308. The maximum absolute atomic E-state index is 10.6. The molecule has 1 atom stereocenters. The minimum absolute atomic E-state index is 0.441. The Labute approximate surface area is 130 Å². The molecule has 2 rings (SSSR count). The van der Waals surface area contributed by atoms with Crippen molar-refractivity contribution in [2.24, 2.45) is 0 Å². The van der Waals surface area contributed by atoms with Gasteiger partial charge in [-0.1, -0.05) is 36.2 Å². The first-order valence-corrected chi connectivity index (χ1v) is 7.44. The van der Waals surface area contributed by atoms with Crippen LogP contribution in [0.3, 0.4) is 0 Å². The van der Waals surface area contributed by atoms with E-state index in [-0.39, 0.29) is 0 Å². The molecule has 0 amide bonds. The molecule has 0 aliphatic carbocycles. The summed E-state index contributed by atoms with van der Waals surface area (Å²) in [7, 11) is 0. The third-order valence-corrected chi connectivity index (χ3v) is 4.07. The Kier molecular flexibility index (Phi) is 4.90. The van der Waals surface area contributed by atoms with Crippen molar-refractivity contribution in [3.63, 3.8) is 0 Å². The van der Waals surface area contributed by atoms with Crippen LogP contribution < -0.4 is 0 Å². The highest BCUT2D eigenvalue weighted by molar-refractivity contribution is 9.10. The number of benzene rings is 1. The Bertz CT molecular complexity index is 566. The van der Waals surface area contributed by atoms with Gasteiger partial charge in [-0.15, -0.1) is 0 Å². The molecule has 1 heterocycles. The van der Waals surface area contributed by atoms with Gasteiger partial charge < -0.3 is 5.11 Å². The summed E-state index contributed by atoms with van der Waals surface area (Å²) in [6.07, 6.45) is 1.67. The number of halogens is 3. The zero-order valence-electron chi connectivity index (χ0n) is 10.3. The van der Waals surface area contributed by atoms with Crippen LogP contribution in [0.5, 0.6) is 0 Å². The van der Waals surface area contributed by atoms with E-state index in [1.54, 1.807) is 29.1 Å². The van der Waals surface area contributed by atoms with Gasteiger partial charge in [-0.2, -0.15) is 5.10 Å². The Hall–Kier alpha value is -0.550. The highest BCUT2D eigenvalue weighted by Crippen LogP contribution is 2.36. The fourth-order valence-electron chi connectivity index (χ4n) is 1.94. The van der Waals surface area contributed by atoms with Gasteiger partial charge in [0.05, 0.1) is 16.4 Å². The number of hydrogen-bond donors (Lipinski definition) is 1. The third-order valence-electron chi connectivity index (χ3n) is 2.80. The molecule has 1 aromatic heterocycles. The highest BCUT2D eigenvalue weighted by atomic mass is 79.9. The molecule has 0 radical (unpaired) electrons. The van der Waals surface area contributed by atoms with Crippen LogP contribution in [0.15, 0.2) is 28.9 Å². The first-order chi connectivity index (χ1) is 9.06. The highest BCUT2D eigenvalue weighted by Gasteiger charge is 2.23. The monoisotopic (exact) mass is 362 g/mol. The molecule has 2 aromatic rings. The third kappa shape index (κ3) is 2.97. The largest absolute Gasteiger partial charge is 0.382 e. The number of nitrogens with zero attached hydrogens (tertiary/aromatic N) is 2. The molecule has 1 N–H and O–H groups in total. The predicted octanol–water partition coefficient (Wildman–Crippen LogP) is 4.44. The van der Waals surface area contributed by atoms with Crippen LogP contribution in [0.1, 0.15) is 30.7 Å². The summed E-state index contributed by atoms with van der Waals surface area (Å²) in [5.74, 6) is 0.